The van der Waals surface area contributed by atoms with E-state index < -0.39 is 5.97 Å². The molecule has 0 heterocycles. The quantitative estimate of drug-likeness (QED) is 0.754. The van der Waals surface area contributed by atoms with Crippen molar-refractivity contribution in [1.29, 1.82) is 0 Å². The number of amides is 2. The maximum Gasteiger partial charge on any atom is 0.317 e. The van der Waals surface area contributed by atoms with E-state index in [0.717, 1.165) is 25.9 Å². The zero-order chi connectivity index (χ0) is 16.9. The van der Waals surface area contributed by atoms with Crippen molar-refractivity contribution in [2.24, 2.45) is 5.41 Å². The monoisotopic (exact) mass is 313 g/mol. The molecule has 2 N–H and O–H groups in total. The molecule has 0 spiro atoms. The topological polar surface area (TPSA) is 72.9 Å². The number of hydrogen-bond acceptors (Lipinski definition) is 3. The Hall–Kier alpha value is -1.30. The maximum absolute atomic E-state index is 12.3. The van der Waals surface area contributed by atoms with Crippen LogP contribution in [0, 0.1) is 5.41 Å². The van der Waals surface area contributed by atoms with Gasteiger partial charge in [-0.2, -0.15) is 0 Å². The van der Waals surface area contributed by atoms with Crippen molar-refractivity contribution in [2.45, 2.75) is 59.5 Å². The highest BCUT2D eigenvalue weighted by Crippen LogP contribution is 2.26. The summed E-state index contributed by atoms with van der Waals surface area (Å²) in [5, 5.41) is 12.0. The number of carboxylic acid groups (broad SMARTS) is 1. The zero-order valence-electron chi connectivity index (χ0n) is 14.6. The summed E-state index contributed by atoms with van der Waals surface area (Å²) in [5.41, 5.74) is 0.0794. The fourth-order valence-electron chi connectivity index (χ4n) is 2.84. The van der Waals surface area contributed by atoms with Crippen LogP contribution < -0.4 is 5.32 Å². The molecule has 0 bridgehead atoms. The van der Waals surface area contributed by atoms with Gasteiger partial charge in [-0.15, -0.1) is 0 Å². The second-order valence-electron chi connectivity index (χ2n) is 7.30. The van der Waals surface area contributed by atoms with Crippen molar-refractivity contribution in [3.05, 3.63) is 0 Å². The van der Waals surface area contributed by atoms with Crippen molar-refractivity contribution >= 4 is 12.0 Å². The Bertz CT molecular complexity index is 387. The van der Waals surface area contributed by atoms with E-state index in [0.29, 0.717) is 6.54 Å². The molecule has 0 atom stereocenters. The first-order valence-corrected chi connectivity index (χ1v) is 8.17. The lowest BCUT2D eigenvalue weighted by molar-refractivity contribution is -0.139. The van der Waals surface area contributed by atoms with Crippen LogP contribution in [0.3, 0.4) is 0 Å². The third kappa shape index (κ3) is 5.83. The van der Waals surface area contributed by atoms with Crippen LogP contribution in [0.5, 0.6) is 0 Å². The zero-order valence-corrected chi connectivity index (χ0v) is 14.6. The second-order valence-corrected chi connectivity index (χ2v) is 7.30. The number of carbonyl (C=O) groups excluding carboxylic acids is 1. The van der Waals surface area contributed by atoms with Crippen LogP contribution in [0.2, 0.25) is 0 Å². The number of hydrogen-bond donors (Lipinski definition) is 2. The first kappa shape index (κ1) is 18.7. The fraction of sp³-hybridized carbons (Fsp3) is 0.875. The van der Waals surface area contributed by atoms with Gasteiger partial charge in [0.25, 0.3) is 0 Å². The number of carbonyl (C=O) groups is 2. The van der Waals surface area contributed by atoms with E-state index in [-0.39, 0.29) is 30.1 Å². The molecular weight excluding hydrogens is 282 g/mol. The third-order valence-electron chi connectivity index (χ3n) is 4.04. The normalized spacial score (nSPS) is 21.4. The van der Waals surface area contributed by atoms with Gasteiger partial charge in [0.2, 0.25) is 0 Å². The summed E-state index contributed by atoms with van der Waals surface area (Å²) >= 11 is 0. The summed E-state index contributed by atoms with van der Waals surface area (Å²) in [7, 11) is 0. The molecule has 0 aromatic heterocycles. The van der Waals surface area contributed by atoms with E-state index in [9.17, 15) is 9.59 Å². The summed E-state index contributed by atoms with van der Waals surface area (Å²) in [5.74, 6) is -0.795. The van der Waals surface area contributed by atoms with Crippen LogP contribution in [-0.4, -0.2) is 65.2 Å². The maximum atomic E-state index is 12.3. The smallest absolute Gasteiger partial charge is 0.317 e. The first-order valence-electron chi connectivity index (χ1n) is 8.17. The van der Waals surface area contributed by atoms with Gasteiger partial charge < -0.3 is 15.3 Å². The molecule has 6 heteroatoms. The van der Waals surface area contributed by atoms with Gasteiger partial charge in [0.1, 0.15) is 0 Å². The standard InChI is InChI=1S/C16H31N3O3/c1-6-18(10-14(20)21)13-8-12(9-13)17-15(22)19(7-2)11-16(3,4)5/h12-13H,6-11H2,1-5H3,(H,17,22)(H,20,21). The summed E-state index contributed by atoms with van der Waals surface area (Å²) in [6, 6.07) is 0.417. The molecule has 1 saturated carbocycles. The molecule has 0 radical (unpaired) electrons. The number of likely N-dealkylation sites (N-methyl/N-ethyl adjacent to an activating group) is 1. The Morgan fingerprint density at radius 3 is 2.18 bits per heavy atom. The number of nitrogens with zero attached hydrogens (tertiary/aromatic N) is 2. The van der Waals surface area contributed by atoms with Crippen molar-refractivity contribution in [1.82, 2.24) is 15.1 Å². The molecule has 0 saturated heterocycles. The molecule has 1 aliphatic rings. The Labute approximate surface area is 133 Å². The highest BCUT2D eigenvalue weighted by atomic mass is 16.4. The molecule has 1 rings (SSSR count). The molecule has 6 nitrogen and oxygen atoms in total. The Morgan fingerprint density at radius 2 is 1.77 bits per heavy atom. The molecule has 1 fully saturated rings. The molecule has 0 aromatic carbocycles. The summed E-state index contributed by atoms with van der Waals surface area (Å²) in [6.07, 6.45) is 1.67. The van der Waals surface area contributed by atoms with Gasteiger partial charge in [0.15, 0.2) is 0 Å². The summed E-state index contributed by atoms with van der Waals surface area (Å²) in [4.78, 5) is 26.9. The minimum Gasteiger partial charge on any atom is -0.480 e. The lowest BCUT2D eigenvalue weighted by Crippen LogP contribution is -2.57. The van der Waals surface area contributed by atoms with Gasteiger partial charge in [-0.1, -0.05) is 27.7 Å². The fourth-order valence-corrected chi connectivity index (χ4v) is 2.84. The van der Waals surface area contributed by atoms with Crippen molar-refractivity contribution < 1.29 is 14.7 Å². The SMILES string of the molecule is CCN(CC(C)(C)C)C(=O)NC1CC(N(CC)CC(=O)O)C1. The number of carboxylic acids is 1. The minimum absolute atomic E-state index is 0.0119. The Balaban J connectivity index is 2.40. The van der Waals surface area contributed by atoms with Crippen molar-refractivity contribution in [2.75, 3.05) is 26.2 Å². The number of aliphatic carboxylic acids is 1. The summed E-state index contributed by atoms with van der Waals surface area (Å²) in [6.45, 7) is 12.5. The molecular formula is C16H31N3O3. The average Bonchev–Trinajstić information content (AvgIpc) is 2.35. The van der Waals surface area contributed by atoms with Crippen LogP contribution in [0.1, 0.15) is 47.5 Å². The average molecular weight is 313 g/mol. The van der Waals surface area contributed by atoms with E-state index >= 15 is 0 Å². The van der Waals surface area contributed by atoms with Gasteiger partial charge in [0, 0.05) is 25.2 Å². The van der Waals surface area contributed by atoms with E-state index in [2.05, 4.69) is 26.1 Å². The Morgan fingerprint density at radius 1 is 1.18 bits per heavy atom. The molecule has 1 aliphatic carbocycles. The van der Waals surface area contributed by atoms with Gasteiger partial charge >= 0.3 is 12.0 Å². The first-order chi connectivity index (χ1) is 10.2. The number of nitrogens with one attached hydrogen (secondary N) is 1. The molecule has 0 aliphatic heterocycles. The number of rotatable bonds is 7. The highest BCUT2D eigenvalue weighted by Gasteiger charge is 2.35. The largest absolute Gasteiger partial charge is 0.480 e. The molecule has 0 unspecified atom stereocenters. The van der Waals surface area contributed by atoms with Crippen LogP contribution >= 0.6 is 0 Å². The molecule has 2 amide bonds. The second kappa shape index (κ2) is 7.81. The predicted molar refractivity (Wildman–Crippen MR) is 86.9 cm³/mol. The van der Waals surface area contributed by atoms with Crippen LogP contribution in [-0.2, 0) is 4.79 Å². The van der Waals surface area contributed by atoms with Crippen LogP contribution in [0.25, 0.3) is 0 Å². The van der Waals surface area contributed by atoms with E-state index in [4.69, 9.17) is 5.11 Å². The molecule has 128 valence electrons. The third-order valence-corrected chi connectivity index (χ3v) is 4.04. The van der Waals surface area contributed by atoms with Gasteiger partial charge in [-0.3, -0.25) is 9.69 Å². The van der Waals surface area contributed by atoms with Gasteiger partial charge in [-0.25, -0.2) is 4.79 Å². The van der Waals surface area contributed by atoms with E-state index in [1.54, 1.807) is 0 Å². The van der Waals surface area contributed by atoms with Gasteiger partial charge in [0.05, 0.1) is 6.54 Å². The van der Waals surface area contributed by atoms with Gasteiger partial charge in [-0.05, 0) is 31.7 Å². The van der Waals surface area contributed by atoms with Crippen molar-refractivity contribution in [3.63, 3.8) is 0 Å². The minimum atomic E-state index is -0.795. The molecule has 22 heavy (non-hydrogen) atoms. The lowest BCUT2D eigenvalue weighted by Gasteiger charge is -2.43. The van der Waals surface area contributed by atoms with E-state index in [1.807, 2.05) is 23.6 Å². The highest BCUT2D eigenvalue weighted by molar-refractivity contribution is 5.74. The molecule has 0 aromatic rings. The predicted octanol–water partition coefficient (Wildman–Crippen LogP) is 2.00. The lowest BCUT2D eigenvalue weighted by atomic mass is 9.85. The van der Waals surface area contributed by atoms with Crippen LogP contribution in [0.4, 0.5) is 4.79 Å². The van der Waals surface area contributed by atoms with Crippen LogP contribution in [0.15, 0.2) is 0 Å². The van der Waals surface area contributed by atoms with Crippen molar-refractivity contribution in [3.8, 4) is 0 Å². The van der Waals surface area contributed by atoms with E-state index in [1.165, 1.54) is 0 Å². The summed E-state index contributed by atoms with van der Waals surface area (Å²) < 4.78 is 0. The number of urea groups is 1. The Kier molecular flexibility index (Phi) is 6.66.